The minimum absolute atomic E-state index is 0. The normalized spacial score (nSPS) is 22.0. The molecule has 1 rings (SSSR count). The molecule has 0 amide bonds. The molecule has 1 aliphatic heterocycles. The van der Waals surface area contributed by atoms with Crippen molar-refractivity contribution in [1.29, 1.82) is 0 Å². The van der Waals surface area contributed by atoms with E-state index in [2.05, 4.69) is 29.1 Å². The molecule has 102 valence electrons. The monoisotopic (exact) mass is 354 g/mol. The Morgan fingerprint density at radius 3 is 2.88 bits per heavy atom. The van der Waals surface area contributed by atoms with Gasteiger partial charge in [0, 0.05) is 19.6 Å². The Bertz CT molecular complexity index is 221. The molecule has 0 aromatic carbocycles. The van der Waals surface area contributed by atoms with Crippen LogP contribution in [-0.4, -0.2) is 43.6 Å². The molecule has 17 heavy (non-hydrogen) atoms. The molecule has 5 heteroatoms. The molecule has 1 aliphatic rings. The molecule has 3 N–H and O–H groups in total. The van der Waals surface area contributed by atoms with Gasteiger partial charge in [0.25, 0.3) is 0 Å². The van der Waals surface area contributed by atoms with Gasteiger partial charge in [-0.3, -0.25) is 4.99 Å². The maximum Gasteiger partial charge on any atom is 0.188 e. The van der Waals surface area contributed by atoms with Gasteiger partial charge in [-0.25, -0.2) is 0 Å². The lowest BCUT2D eigenvalue weighted by Gasteiger charge is -2.30. The maximum atomic E-state index is 5.77. The van der Waals surface area contributed by atoms with E-state index in [-0.39, 0.29) is 24.0 Å². The number of rotatable bonds is 5. The molecule has 0 radical (unpaired) electrons. The average Bonchev–Trinajstić information content (AvgIpc) is 2.34. The van der Waals surface area contributed by atoms with Gasteiger partial charge in [-0.2, -0.15) is 0 Å². The Labute approximate surface area is 122 Å². The first kappa shape index (κ1) is 17.0. The fourth-order valence-electron chi connectivity index (χ4n) is 2.12. The van der Waals surface area contributed by atoms with Gasteiger partial charge >= 0.3 is 0 Å². The molecule has 0 aromatic heterocycles. The van der Waals surface area contributed by atoms with Gasteiger partial charge in [0.05, 0.1) is 0 Å². The number of nitrogens with one attached hydrogen (secondary N) is 1. The van der Waals surface area contributed by atoms with E-state index in [9.17, 15) is 0 Å². The molecule has 0 aliphatic carbocycles. The molecule has 1 fully saturated rings. The summed E-state index contributed by atoms with van der Waals surface area (Å²) in [7, 11) is 0. The van der Waals surface area contributed by atoms with Crippen molar-refractivity contribution in [2.24, 2.45) is 16.6 Å². The number of aliphatic imine (C=N–C) groups is 1. The van der Waals surface area contributed by atoms with Crippen molar-refractivity contribution < 1.29 is 0 Å². The Hall–Kier alpha value is -0.0400. The van der Waals surface area contributed by atoms with Crippen LogP contribution in [0.2, 0.25) is 0 Å². The van der Waals surface area contributed by atoms with Gasteiger partial charge < -0.3 is 16.0 Å². The number of guanidine groups is 1. The Morgan fingerprint density at radius 2 is 2.24 bits per heavy atom. The van der Waals surface area contributed by atoms with Crippen LogP contribution < -0.4 is 11.1 Å². The second kappa shape index (κ2) is 9.94. The Morgan fingerprint density at radius 1 is 1.47 bits per heavy atom. The lowest BCUT2D eigenvalue weighted by molar-refractivity contribution is 0.186. The number of nitrogens with two attached hydrogens (primary N) is 1. The first-order valence-electron chi connectivity index (χ1n) is 6.52. The molecule has 0 spiro atoms. The van der Waals surface area contributed by atoms with Gasteiger partial charge in [-0.05, 0) is 38.3 Å². The second-order valence-corrected chi connectivity index (χ2v) is 4.55. The molecular weight excluding hydrogens is 327 g/mol. The highest BCUT2D eigenvalue weighted by atomic mass is 127. The summed E-state index contributed by atoms with van der Waals surface area (Å²) < 4.78 is 0. The van der Waals surface area contributed by atoms with E-state index in [1.165, 1.54) is 25.9 Å². The summed E-state index contributed by atoms with van der Waals surface area (Å²) in [6.45, 7) is 9.73. The Kier molecular flexibility index (Phi) is 9.91. The van der Waals surface area contributed by atoms with Crippen LogP contribution in [0.1, 0.15) is 33.1 Å². The number of piperidine rings is 1. The van der Waals surface area contributed by atoms with E-state index in [4.69, 9.17) is 5.73 Å². The van der Waals surface area contributed by atoms with E-state index in [1.807, 2.05) is 0 Å². The van der Waals surface area contributed by atoms with Crippen LogP contribution >= 0.6 is 24.0 Å². The minimum Gasteiger partial charge on any atom is -0.370 e. The summed E-state index contributed by atoms with van der Waals surface area (Å²) in [4.78, 5) is 6.91. The highest BCUT2D eigenvalue weighted by molar-refractivity contribution is 14.0. The fraction of sp³-hybridized carbons (Fsp3) is 0.917. The van der Waals surface area contributed by atoms with Crippen LogP contribution in [0, 0.1) is 5.92 Å². The van der Waals surface area contributed by atoms with Crippen LogP contribution in [-0.2, 0) is 0 Å². The predicted molar refractivity (Wildman–Crippen MR) is 85.0 cm³/mol. The highest BCUT2D eigenvalue weighted by Crippen LogP contribution is 2.16. The smallest absolute Gasteiger partial charge is 0.188 e. The molecule has 4 nitrogen and oxygen atoms in total. The number of hydrogen-bond donors (Lipinski definition) is 2. The first-order valence-corrected chi connectivity index (χ1v) is 6.52. The zero-order valence-corrected chi connectivity index (χ0v) is 13.4. The summed E-state index contributed by atoms with van der Waals surface area (Å²) in [6.07, 6.45) is 3.68. The zero-order chi connectivity index (χ0) is 11.8. The van der Waals surface area contributed by atoms with Crippen molar-refractivity contribution in [3.05, 3.63) is 0 Å². The highest BCUT2D eigenvalue weighted by Gasteiger charge is 2.17. The molecular formula is C12H27IN4. The SMILES string of the molecule is CCCNC(N)=NCC1CCCN(CC)C1.I. The van der Waals surface area contributed by atoms with Crippen molar-refractivity contribution in [3.63, 3.8) is 0 Å². The van der Waals surface area contributed by atoms with Gasteiger partial charge in [-0.1, -0.05) is 13.8 Å². The van der Waals surface area contributed by atoms with Crippen molar-refractivity contribution in [2.75, 3.05) is 32.7 Å². The van der Waals surface area contributed by atoms with Gasteiger partial charge in [0.15, 0.2) is 5.96 Å². The standard InChI is InChI=1S/C12H26N4.HI/c1-3-7-14-12(13)15-9-11-6-5-8-16(4-2)10-11;/h11H,3-10H2,1-2H3,(H3,13,14,15);1H. The number of hydrogen-bond acceptors (Lipinski definition) is 2. The molecule has 1 unspecified atom stereocenters. The average molecular weight is 354 g/mol. The Balaban J connectivity index is 0.00000256. The zero-order valence-electron chi connectivity index (χ0n) is 11.1. The molecule has 1 heterocycles. The van der Waals surface area contributed by atoms with E-state index in [0.29, 0.717) is 11.9 Å². The molecule has 0 saturated carbocycles. The van der Waals surface area contributed by atoms with Crippen molar-refractivity contribution in [2.45, 2.75) is 33.1 Å². The largest absolute Gasteiger partial charge is 0.370 e. The van der Waals surface area contributed by atoms with Crippen LogP contribution in [0.3, 0.4) is 0 Å². The number of nitrogens with zero attached hydrogens (tertiary/aromatic N) is 2. The minimum atomic E-state index is 0. The van der Waals surface area contributed by atoms with Crippen LogP contribution in [0.4, 0.5) is 0 Å². The summed E-state index contributed by atoms with van der Waals surface area (Å²) in [6, 6.07) is 0. The third-order valence-electron chi connectivity index (χ3n) is 3.13. The lowest BCUT2D eigenvalue weighted by Crippen LogP contribution is -2.37. The predicted octanol–water partition coefficient (Wildman–Crippen LogP) is 1.65. The third kappa shape index (κ3) is 7.08. The van der Waals surface area contributed by atoms with Crippen molar-refractivity contribution in [3.8, 4) is 0 Å². The summed E-state index contributed by atoms with van der Waals surface area (Å²) >= 11 is 0. The van der Waals surface area contributed by atoms with Crippen LogP contribution in [0.15, 0.2) is 4.99 Å². The van der Waals surface area contributed by atoms with Crippen molar-refractivity contribution >= 4 is 29.9 Å². The van der Waals surface area contributed by atoms with E-state index in [0.717, 1.165) is 26.1 Å². The van der Waals surface area contributed by atoms with Crippen molar-refractivity contribution in [1.82, 2.24) is 10.2 Å². The quantitative estimate of drug-likeness (QED) is 0.449. The van der Waals surface area contributed by atoms with Gasteiger partial charge in [0.2, 0.25) is 0 Å². The molecule has 1 saturated heterocycles. The van der Waals surface area contributed by atoms with Gasteiger partial charge in [0.1, 0.15) is 0 Å². The van der Waals surface area contributed by atoms with Crippen LogP contribution in [0.25, 0.3) is 0 Å². The van der Waals surface area contributed by atoms with Gasteiger partial charge in [-0.15, -0.1) is 24.0 Å². The maximum absolute atomic E-state index is 5.77. The van der Waals surface area contributed by atoms with E-state index < -0.39 is 0 Å². The van der Waals surface area contributed by atoms with Crippen LogP contribution in [0.5, 0.6) is 0 Å². The molecule has 0 aromatic rings. The number of halogens is 1. The lowest BCUT2D eigenvalue weighted by atomic mass is 9.98. The van der Waals surface area contributed by atoms with E-state index >= 15 is 0 Å². The second-order valence-electron chi connectivity index (χ2n) is 4.55. The summed E-state index contributed by atoms with van der Waals surface area (Å²) in [5, 5.41) is 3.11. The summed E-state index contributed by atoms with van der Waals surface area (Å²) in [5.74, 6) is 1.30. The fourth-order valence-corrected chi connectivity index (χ4v) is 2.12. The molecule has 1 atom stereocenters. The third-order valence-corrected chi connectivity index (χ3v) is 3.13. The molecule has 0 bridgehead atoms. The topological polar surface area (TPSA) is 53.6 Å². The first-order chi connectivity index (χ1) is 7.76. The van der Waals surface area contributed by atoms with E-state index in [1.54, 1.807) is 0 Å². The summed E-state index contributed by atoms with van der Waals surface area (Å²) in [5.41, 5.74) is 5.77. The number of likely N-dealkylation sites (tertiary alicyclic amines) is 1.